The van der Waals surface area contributed by atoms with Gasteiger partial charge in [-0.15, -0.1) is 0 Å². The van der Waals surface area contributed by atoms with Gasteiger partial charge >= 0.3 is 0 Å². The summed E-state index contributed by atoms with van der Waals surface area (Å²) in [6.07, 6.45) is -4.09. The van der Waals surface area contributed by atoms with Crippen LogP contribution in [0.15, 0.2) is 30.8 Å². The number of hydrogen-bond donors (Lipinski definition) is 0. The van der Waals surface area contributed by atoms with Gasteiger partial charge in [-0.05, 0) is 11.1 Å². The molecule has 1 nitrogen and oxygen atoms in total. The first-order valence-corrected chi connectivity index (χ1v) is 4.39. The Kier molecular flexibility index (Phi) is 4.37. The highest BCUT2D eigenvalue weighted by Gasteiger charge is 2.19. The predicted octanol–water partition coefficient (Wildman–Crippen LogP) is 3.41. The number of hydrogen-bond acceptors (Lipinski definition) is 1. The first-order chi connectivity index (χ1) is 7.15. The van der Waals surface area contributed by atoms with Crippen LogP contribution >= 0.6 is 0 Å². The van der Waals surface area contributed by atoms with Gasteiger partial charge in [0.1, 0.15) is 0 Å². The van der Waals surface area contributed by atoms with Crippen LogP contribution in [0.4, 0.5) is 13.2 Å². The Labute approximate surface area is 86.2 Å². The normalized spacial score (nSPS) is 12.8. The monoisotopic (exact) mass is 216 g/mol. The van der Waals surface area contributed by atoms with Gasteiger partial charge in [-0.2, -0.15) is 0 Å². The molecule has 0 aliphatic rings. The zero-order valence-corrected chi connectivity index (χ0v) is 8.00. The maximum absolute atomic E-state index is 12.4. The third kappa shape index (κ3) is 3.40. The van der Waals surface area contributed by atoms with Gasteiger partial charge in [0.25, 0.3) is 12.8 Å². The fraction of sp³-hybridized carbons (Fsp3) is 0.273. The molecule has 0 heterocycles. The Balaban J connectivity index is 2.61. The molecule has 0 N–H and O–H groups in total. The molecule has 0 radical (unpaired) electrons. The molecule has 4 heteroatoms. The summed E-state index contributed by atoms with van der Waals surface area (Å²) in [6, 6.07) is 6.93. The largest absolute Gasteiger partial charge is 0.339 e. The van der Waals surface area contributed by atoms with E-state index in [1.54, 1.807) is 30.3 Å². The first kappa shape index (κ1) is 11.8. The van der Waals surface area contributed by atoms with Crippen molar-refractivity contribution in [1.29, 1.82) is 0 Å². The van der Waals surface area contributed by atoms with Crippen LogP contribution in [0.25, 0.3) is 6.08 Å². The van der Waals surface area contributed by atoms with Crippen LogP contribution in [0, 0.1) is 0 Å². The standard InChI is InChI=1S/C11H11F3O/c1-2-8-5-3-4-6-9(8)7-15-11(14)10(12)13/h2-6,10-11H,1,7H2. The molecule has 82 valence electrons. The highest BCUT2D eigenvalue weighted by atomic mass is 19.3. The molecular formula is C11H11F3O. The van der Waals surface area contributed by atoms with Crippen molar-refractivity contribution in [3.63, 3.8) is 0 Å². The van der Waals surface area contributed by atoms with Crippen LogP contribution in [0.1, 0.15) is 11.1 Å². The van der Waals surface area contributed by atoms with E-state index in [0.717, 1.165) is 5.56 Å². The second-order valence-corrected chi connectivity index (χ2v) is 2.90. The van der Waals surface area contributed by atoms with Crippen molar-refractivity contribution < 1.29 is 17.9 Å². The smallest absolute Gasteiger partial charge is 0.293 e. The second-order valence-electron chi connectivity index (χ2n) is 2.90. The van der Waals surface area contributed by atoms with Crippen molar-refractivity contribution >= 4 is 6.08 Å². The molecule has 1 aromatic carbocycles. The molecule has 1 atom stereocenters. The highest BCUT2D eigenvalue weighted by molar-refractivity contribution is 5.51. The van der Waals surface area contributed by atoms with E-state index in [0.29, 0.717) is 5.56 Å². The topological polar surface area (TPSA) is 9.23 Å². The van der Waals surface area contributed by atoms with Gasteiger partial charge in [0.05, 0.1) is 6.61 Å². The van der Waals surface area contributed by atoms with Gasteiger partial charge in [0.15, 0.2) is 0 Å². The van der Waals surface area contributed by atoms with Crippen LogP contribution in [0.3, 0.4) is 0 Å². The van der Waals surface area contributed by atoms with Crippen molar-refractivity contribution in [3.8, 4) is 0 Å². The third-order valence-corrected chi connectivity index (χ3v) is 1.87. The van der Waals surface area contributed by atoms with Crippen LogP contribution in [0.5, 0.6) is 0 Å². The van der Waals surface area contributed by atoms with Crippen molar-refractivity contribution in [3.05, 3.63) is 42.0 Å². The first-order valence-electron chi connectivity index (χ1n) is 4.39. The van der Waals surface area contributed by atoms with Crippen LogP contribution in [0.2, 0.25) is 0 Å². The number of rotatable bonds is 5. The lowest BCUT2D eigenvalue weighted by Gasteiger charge is -2.10. The average molecular weight is 216 g/mol. The fourth-order valence-corrected chi connectivity index (χ4v) is 1.11. The van der Waals surface area contributed by atoms with E-state index < -0.39 is 12.8 Å². The second kappa shape index (κ2) is 5.56. The average Bonchev–Trinajstić information content (AvgIpc) is 2.26. The summed E-state index contributed by atoms with van der Waals surface area (Å²) in [4.78, 5) is 0. The molecule has 1 aromatic rings. The Hall–Kier alpha value is -1.29. The Morgan fingerprint density at radius 1 is 1.27 bits per heavy atom. The minimum absolute atomic E-state index is 0.187. The zero-order chi connectivity index (χ0) is 11.3. The molecule has 15 heavy (non-hydrogen) atoms. The molecular weight excluding hydrogens is 205 g/mol. The Bertz CT molecular complexity index is 325. The van der Waals surface area contributed by atoms with Crippen molar-refractivity contribution in [1.82, 2.24) is 0 Å². The molecule has 1 rings (SSSR count). The van der Waals surface area contributed by atoms with Crippen molar-refractivity contribution in [2.45, 2.75) is 19.4 Å². The van der Waals surface area contributed by atoms with Gasteiger partial charge in [-0.25, -0.2) is 13.2 Å². The number of benzene rings is 1. The van der Waals surface area contributed by atoms with Gasteiger partial charge in [0, 0.05) is 0 Å². The molecule has 0 saturated heterocycles. The lowest BCUT2D eigenvalue weighted by molar-refractivity contribution is -0.135. The summed E-state index contributed by atoms with van der Waals surface area (Å²) in [6.45, 7) is 3.37. The van der Waals surface area contributed by atoms with E-state index >= 15 is 0 Å². The summed E-state index contributed by atoms with van der Waals surface area (Å²) in [7, 11) is 0. The van der Waals surface area contributed by atoms with Gasteiger partial charge in [0.2, 0.25) is 0 Å². The summed E-state index contributed by atoms with van der Waals surface area (Å²) in [5.41, 5.74) is 1.38. The quantitative estimate of drug-likeness (QED) is 0.732. The van der Waals surface area contributed by atoms with E-state index in [4.69, 9.17) is 0 Å². The van der Waals surface area contributed by atoms with E-state index in [9.17, 15) is 13.2 Å². The van der Waals surface area contributed by atoms with Crippen molar-refractivity contribution in [2.75, 3.05) is 0 Å². The minimum Gasteiger partial charge on any atom is -0.339 e. The lowest BCUT2D eigenvalue weighted by Crippen LogP contribution is -2.16. The molecule has 1 unspecified atom stereocenters. The zero-order valence-electron chi connectivity index (χ0n) is 8.00. The van der Waals surface area contributed by atoms with Gasteiger partial charge in [-0.3, -0.25) is 0 Å². The maximum Gasteiger partial charge on any atom is 0.293 e. The van der Waals surface area contributed by atoms with Gasteiger partial charge < -0.3 is 4.74 Å². The summed E-state index contributed by atoms with van der Waals surface area (Å²) >= 11 is 0. The third-order valence-electron chi connectivity index (χ3n) is 1.87. The minimum atomic E-state index is -3.11. The summed E-state index contributed by atoms with van der Waals surface area (Å²) < 4.78 is 40.4. The van der Waals surface area contributed by atoms with E-state index in [2.05, 4.69) is 11.3 Å². The van der Waals surface area contributed by atoms with Crippen LogP contribution in [-0.2, 0) is 11.3 Å². The molecule has 0 saturated carbocycles. The van der Waals surface area contributed by atoms with Crippen LogP contribution in [-0.4, -0.2) is 12.8 Å². The Morgan fingerprint density at radius 3 is 2.53 bits per heavy atom. The fourth-order valence-electron chi connectivity index (χ4n) is 1.11. The predicted molar refractivity (Wildman–Crippen MR) is 52.2 cm³/mol. The molecule has 0 amide bonds. The lowest BCUT2D eigenvalue weighted by atomic mass is 10.1. The van der Waals surface area contributed by atoms with Crippen molar-refractivity contribution in [2.24, 2.45) is 0 Å². The molecule has 0 spiro atoms. The molecule has 0 aliphatic carbocycles. The molecule has 0 bridgehead atoms. The van der Waals surface area contributed by atoms with E-state index in [1.807, 2.05) is 0 Å². The van der Waals surface area contributed by atoms with E-state index in [-0.39, 0.29) is 6.61 Å². The molecule has 0 aliphatic heterocycles. The number of halogens is 3. The van der Waals surface area contributed by atoms with E-state index in [1.165, 1.54) is 0 Å². The summed E-state index contributed by atoms with van der Waals surface area (Å²) in [5.74, 6) is 0. The maximum atomic E-state index is 12.4. The highest BCUT2D eigenvalue weighted by Crippen LogP contribution is 2.14. The SMILES string of the molecule is C=Cc1ccccc1COC(F)C(F)F. The molecule has 0 aromatic heterocycles. The Morgan fingerprint density at radius 2 is 1.93 bits per heavy atom. The number of ether oxygens (including phenoxy) is 1. The summed E-state index contributed by atoms with van der Waals surface area (Å²) in [5, 5.41) is 0. The van der Waals surface area contributed by atoms with Crippen LogP contribution < -0.4 is 0 Å². The van der Waals surface area contributed by atoms with Gasteiger partial charge in [-0.1, -0.05) is 36.9 Å². The molecule has 0 fully saturated rings. The number of alkyl halides is 3.